The Balaban J connectivity index is 2.01. The molecular formula is C22H32N4O2S. The molecule has 0 spiro atoms. The third kappa shape index (κ3) is 8.25. The molecule has 29 heavy (non-hydrogen) atoms. The number of aliphatic imine (C=N–C) groups is 1. The van der Waals surface area contributed by atoms with Gasteiger partial charge in [-0.1, -0.05) is 54.6 Å². The summed E-state index contributed by atoms with van der Waals surface area (Å²) in [5, 5.41) is 3.32. The quantitative estimate of drug-likeness (QED) is 0.487. The van der Waals surface area contributed by atoms with Crippen LogP contribution in [0.25, 0.3) is 0 Å². The van der Waals surface area contributed by atoms with E-state index in [1.807, 2.05) is 70.3 Å². The van der Waals surface area contributed by atoms with Crippen LogP contribution in [0.5, 0.6) is 0 Å². The Morgan fingerprint density at radius 2 is 1.62 bits per heavy atom. The van der Waals surface area contributed by atoms with Crippen molar-refractivity contribution in [1.82, 2.24) is 14.9 Å². The lowest BCUT2D eigenvalue weighted by molar-refractivity contribution is 0.477. The van der Waals surface area contributed by atoms with E-state index in [9.17, 15) is 8.42 Å². The number of hydrogen-bond donors (Lipinski definition) is 2. The molecule has 0 heterocycles. The fourth-order valence-electron chi connectivity index (χ4n) is 2.93. The van der Waals surface area contributed by atoms with Gasteiger partial charge in [-0.3, -0.25) is 0 Å². The maximum Gasteiger partial charge on any atom is 0.216 e. The highest BCUT2D eigenvalue weighted by Gasteiger charge is 2.13. The molecule has 0 saturated carbocycles. The van der Waals surface area contributed by atoms with E-state index in [-0.39, 0.29) is 11.8 Å². The first-order valence-electron chi connectivity index (χ1n) is 9.90. The minimum atomic E-state index is -3.32. The summed E-state index contributed by atoms with van der Waals surface area (Å²) < 4.78 is 26.7. The van der Waals surface area contributed by atoms with Crippen molar-refractivity contribution >= 4 is 16.0 Å². The van der Waals surface area contributed by atoms with Crippen LogP contribution in [0, 0.1) is 0 Å². The molecule has 0 aromatic heterocycles. The van der Waals surface area contributed by atoms with Crippen molar-refractivity contribution in [3.05, 3.63) is 71.3 Å². The Morgan fingerprint density at radius 1 is 1.00 bits per heavy atom. The molecule has 0 unspecified atom stereocenters. The van der Waals surface area contributed by atoms with E-state index >= 15 is 0 Å². The van der Waals surface area contributed by atoms with Gasteiger partial charge in [0.05, 0.1) is 12.3 Å². The lowest BCUT2D eigenvalue weighted by atomic mass is 10.1. The van der Waals surface area contributed by atoms with Crippen LogP contribution in [0.1, 0.15) is 37.5 Å². The molecule has 0 saturated heterocycles. The molecule has 0 aliphatic carbocycles. The standard InChI is InChI=1S/C22H32N4O2S/c1-5-23-22(26(4)16-20-9-7-6-8-10-20)24-15-19-11-13-21(14-12-19)17-29(27,28)25-18(2)3/h6-14,18,25H,5,15-17H2,1-4H3,(H,23,24). The van der Waals surface area contributed by atoms with Crippen molar-refractivity contribution in [2.75, 3.05) is 13.6 Å². The van der Waals surface area contributed by atoms with E-state index in [4.69, 9.17) is 4.99 Å². The van der Waals surface area contributed by atoms with Crippen LogP contribution in [-0.4, -0.2) is 38.9 Å². The lowest BCUT2D eigenvalue weighted by Gasteiger charge is -2.22. The first kappa shape index (κ1) is 22.9. The predicted molar refractivity (Wildman–Crippen MR) is 120 cm³/mol. The van der Waals surface area contributed by atoms with Crippen LogP contribution in [0.2, 0.25) is 0 Å². The lowest BCUT2D eigenvalue weighted by Crippen LogP contribution is -2.38. The van der Waals surface area contributed by atoms with Gasteiger partial charge in [0.1, 0.15) is 0 Å². The molecule has 158 valence electrons. The largest absolute Gasteiger partial charge is 0.357 e. The summed E-state index contributed by atoms with van der Waals surface area (Å²) in [6, 6.07) is 17.7. The molecule has 2 N–H and O–H groups in total. The van der Waals surface area contributed by atoms with Crippen LogP contribution in [0.15, 0.2) is 59.6 Å². The smallest absolute Gasteiger partial charge is 0.216 e. The predicted octanol–water partition coefficient (Wildman–Crippen LogP) is 3.11. The summed E-state index contributed by atoms with van der Waals surface area (Å²) in [4.78, 5) is 6.82. The maximum absolute atomic E-state index is 12.1. The van der Waals surface area contributed by atoms with Gasteiger partial charge >= 0.3 is 0 Å². The molecule has 0 radical (unpaired) electrons. The summed E-state index contributed by atoms with van der Waals surface area (Å²) in [6.07, 6.45) is 0. The monoisotopic (exact) mass is 416 g/mol. The van der Waals surface area contributed by atoms with Gasteiger partial charge in [0.15, 0.2) is 5.96 Å². The second-order valence-corrected chi connectivity index (χ2v) is 9.11. The van der Waals surface area contributed by atoms with Gasteiger partial charge in [-0.15, -0.1) is 0 Å². The highest BCUT2D eigenvalue weighted by Crippen LogP contribution is 2.10. The summed E-state index contributed by atoms with van der Waals surface area (Å²) >= 11 is 0. The molecule has 2 aromatic carbocycles. The van der Waals surface area contributed by atoms with Gasteiger partial charge in [0.25, 0.3) is 0 Å². The molecule has 2 rings (SSSR count). The minimum Gasteiger partial charge on any atom is -0.357 e. The van der Waals surface area contributed by atoms with Gasteiger partial charge in [-0.25, -0.2) is 18.1 Å². The second-order valence-electron chi connectivity index (χ2n) is 7.36. The number of nitrogens with zero attached hydrogens (tertiary/aromatic N) is 2. The van der Waals surface area contributed by atoms with E-state index in [0.717, 1.165) is 30.2 Å². The van der Waals surface area contributed by atoms with Gasteiger partial charge in [0, 0.05) is 26.2 Å². The van der Waals surface area contributed by atoms with E-state index in [0.29, 0.717) is 6.54 Å². The molecule has 0 aliphatic heterocycles. The van der Waals surface area contributed by atoms with Crippen LogP contribution in [0.4, 0.5) is 0 Å². The molecule has 0 amide bonds. The third-order valence-electron chi connectivity index (χ3n) is 4.17. The molecule has 6 nitrogen and oxygen atoms in total. The number of hydrogen-bond acceptors (Lipinski definition) is 3. The summed E-state index contributed by atoms with van der Waals surface area (Å²) in [6.45, 7) is 7.76. The average molecular weight is 417 g/mol. The van der Waals surface area contributed by atoms with E-state index in [1.165, 1.54) is 5.56 Å². The Bertz CT molecular complexity index is 879. The van der Waals surface area contributed by atoms with Crippen molar-refractivity contribution in [1.29, 1.82) is 0 Å². The van der Waals surface area contributed by atoms with Gasteiger partial charge in [0.2, 0.25) is 10.0 Å². The first-order chi connectivity index (χ1) is 13.8. The van der Waals surface area contributed by atoms with Crippen molar-refractivity contribution < 1.29 is 8.42 Å². The summed E-state index contributed by atoms with van der Waals surface area (Å²) in [5.41, 5.74) is 3.02. The summed E-state index contributed by atoms with van der Waals surface area (Å²) in [5.74, 6) is 0.820. The number of nitrogens with one attached hydrogen (secondary N) is 2. The number of guanidine groups is 1. The Kier molecular flexibility index (Phi) is 8.67. The average Bonchev–Trinajstić information content (AvgIpc) is 2.65. The zero-order chi connectivity index (χ0) is 21.3. The molecular weight excluding hydrogens is 384 g/mol. The molecule has 0 atom stereocenters. The number of benzene rings is 2. The zero-order valence-electron chi connectivity index (χ0n) is 17.7. The van der Waals surface area contributed by atoms with Crippen LogP contribution in [0.3, 0.4) is 0 Å². The van der Waals surface area contributed by atoms with E-state index in [2.05, 4.69) is 27.1 Å². The SMILES string of the molecule is CCNC(=NCc1ccc(CS(=O)(=O)NC(C)C)cc1)N(C)Cc1ccccc1. The molecule has 2 aromatic rings. The number of sulfonamides is 1. The fraction of sp³-hybridized carbons (Fsp3) is 0.409. The van der Waals surface area contributed by atoms with Crippen molar-refractivity contribution in [2.24, 2.45) is 4.99 Å². The highest BCUT2D eigenvalue weighted by molar-refractivity contribution is 7.88. The first-order valence-corrected chi connectivity index (χ1v) is 11.6. The number of rotatable bonds is 9. The topological polar surface area (TPSA) is 73.8 Å². The van der Waals surface area contributed by atoms with Gasteiger partial charge in [-0.05, 0) is 37.5 Å². The van der Waals surface area contributed by atoms with Crippen LogP contribution < -0.4 is 10.0 Å². The zero-order valence-corrected chi connectivity index (χ0v) is 18.5. The minimum absolute atomic E-state index is 0.0167. The van der Waals surface area contributed by atoms with Gasteiger partial charge < -0.3 is 10.2 Å². The Hall–Kier alpha value is -2.38. The normalized spacial score (nSPS) is 12.2. The summed E-state index contributed by atoms with van der Waals surface area (Å²) in [7, 11) is -1.30. The Morgan fingerprint density at radius 3 is 2.21 bits per heavy atom. The molecule has 0 bridgehead atoms. The molecule has 0 aliphatic rings. The highest BCUT2D eigenvalue weighted by atomic mass is 32.2. The van der Waals surface area contributed by atoms with E-state index < -0.39 is 10.0 Å². The van der Waals surface area contributed by atoms with Crippen LogP contribution in [-0.2, 0) is 28.9 Å². The second kappa shape index (κ2) is 11.0. The Labute approximate surface area is 175 Å². The van der Waals surface area contributed by atoms with Crippen molar-refractivity contribution in [3.8, 4) is 0 Å². The molecule has 0 fully saturated rings. The van der Waals surface area contributed by atoms with Gasteiger partial charge in [-0.2, -0.15) is 0 Å². The van der Waals surface area contributed by atoms with Crippen molar-refractivity contribution in [2.45, 2.75) is 45.7 Å². The third-order valence-corrected chi connectivity index (χ3v) is 5.71. The van der Waals surface area contributed by atoms with Crippen LogP contribution >= 0.6 is 0 Å². The fourth-order valence-corrected chi connectivity index (χ4v) is 4.36. The van der Waals surface area contributed by atoms with E-state index in [1.54, 1.807) is 0 Å². The maximum atomic E-state index is 12.1. The molecule has 7 heteroatoms. The van der Waals surface area contributed by atoms with Crippen molar-refractivity contribution in [3.63, 3.8) is 0 Å².